The fourth-order valence-electron chi connectivity index (χ4n) is 1.08. The number of methoxy groups -OCH3 is 4. The van der Waals surface area contributed by atoms with Crippen molar-refractivity contribution in [3.63, 3.8) is 0 Å². The summed E-state index contributed by atoms with van der Waals surface area (Å²) in [6.07, 6.45) is -0.0493. The fourth-order valence-corrected chi connectivity index (χ4v) is 1.08. The Balaban J connectivity index is -0.000000333. The minimum absolute atomic E-state index is 0. The van der Waals surface area contributed by atoms with Crippen LogP contribution in [0.5, 0.6) is 0 Å². The minimum Gasteiger partial charge on any atom is -0.469 e. The van der Waals surface area contributed by atoms with Gasteiger partial charge in [-0.25, -0.2) is 4.79 Å². The van der Waals surface area contributed by atoms with Crippen LogP contribution in [0.2, 0.25) is 0 Å². The molecular weight excluding hydrogens is 296 g/mol. The molecule has 0 fully saturated rings. The van der Waals surface area contributed by atoms with E-state index in [1.165, 1.54) is 28.4 Å². The second-order valence-electron chi connectivity index (χ2n) is 4.05. The summed E-state index contributed by atoms with van der Waals surface area (Å²) >= 11 is 0. The SMILES string of the molecule is C=C(CC(=O)OC)C(=O)OC.COC(=O)C[C@H](C)C(=O)OC.[HH]. The average Bonchev–Trinajstić information content (AvgIpc) is 2.52. The molecule has 0 heterocycles. The summed E-state index contributed by atoms with van der Waals surface area (Å²) in [6, 6.07) is 0. The van der Waals surface area contributed by atoms with Gasteiger partial charge in [-0.1, -0.05) is 13.5 Å². The molecule has 0 aromatic heterocycles. The molecule has 0 rings (SSSR count). The fraction of sp³-hybridized carbons (Fsp3) is 0.571. The summed E-state index contributed by atoms with van der Waals surface area (Å²) in [5.41, 5.74) is 0.0966. The Kier molecular flexibility index (Phi) is 12.3. The Hall–Kier alpha value is -2.38. The van der Waals surface area contributed by atoms with Gasteiger partial charge in [-0.2, -0.15) is 0 Å². The lowest BCUT2D eigenvalue weighted by atomic mass is 10.1. The van der Waals surface area contributed by atoms with Gasteiger partial charge in [-0.15, -0.1) is 0 Å². The van der Waals surface area contributed by atoms with E-state index >= 15 is 0 Å². The summed E-state index contributed by atoms with van der Waals surface area (Å²) in [4.78, 5) is 42.5. The van der Waals surface area contributed by atoms with Crippen LogP contribution in [-0.4, -0.2) is 52.3 Å². The molecule has 0 spiro atoms. The van der Waals surface area contributed by atoms with Crippen molar-refractivity contribution in [2.24, 2.45) is 5.92 Å². The highest BCUT2D eigenvalue weighted by Crippen LogP contribution is 2.04. The van der Waals surface area contributed by atoms with Gasteiger partial charge in [0.15, 0.2) is 0 Å². The van der Waals surface area contributed by atoms with Gasteiger partial charge in [0.05, 0.1) is 47.2 Å². The van der Waals surface area contributed by atoms with Crippen molar-refractivity contribution >= 4 is 23.9 Å². The molecule has 0 aliphatic rings. The third-order valence-corrected chi connectivity index (χ3v) is 2.36. The molecule has 0 aliphatic heterocycles. The first-order valence-corrected chi connectivity index (χ1v) is 6.20. The molecule has 0 amide bonds. The first-order chi connectivity index (χ1) is 10.2. The Bertz CT molecular complexity index is 419. The lowest BCUT2D eigenvalue weighted by Crippen LogP contribution is -2.17. The molecular formula is C14H24O8. The smallest absolute Gasteiger partial charge is 0.333 e. The van der Waals surface area contributed by atoms with Crippen molar-refractivity contribution in [1.29, 1.82) is 0 Å². The van der Waals surface area contributed by atoms with E-state index in [1.807, 2.05) is 0 Å². The van der Waals surface area contributed by atoms with Crippen molar-refractivity contribution in [3.05, 3.63) is 12.2 Å². The van der Waals surface area contributed by atoms with Gasteiger partial charge in [0.25, 0.3) is 0 Å². The molecule has 0 N–H and O–H groups in total. The first-order valence-electron chi connectivity index (χ1n) is 6.20. The van der Waals surface area contributed by atoms with Gasteiger partial charge in [0.1, 0.15) is 0 Å². The van der Waals surface area contributed by atoms with Crippen LogP contribution < -0.4 is 0 Å². The van der Waals surface area contributed by atoms with Crippen LogP contribution in [-0.2, 0) is 38.1 Å². The standard InChI is InChI=1S/C7H12O4.C7H10O4.H2/c2*1-5(7(9)11-3)4-6(8)10-2;/h5H,4H2,1-3H3;1,4H2,2-3H3;1H/t5-;;/m0../s1. The van der Waals surface area contributed by atoms with Crippen LogP contribution in [0.25, 0.3) is 0 Å². The molecule has 8 heteroatoms. The summed E-state index contributed by atoms with van der Waals surface area (Å²) in [6.45, 7) is 4.95. The van der Waals surface area contributed by atoms with E-state index in [4.69, 9.17) is 0 Å². The number of carbonyl (C=O) groups is 4. The molecule has 1 atom stereocenters. The van der Waals surface area contributed by atoms with Gasteiger partial charge in [0, 0.05) is 7.00 Å². The lowest BCUT2D eigenvalue weighted by Gasteiger charge is -2.05. The molecule has 128 valence electrons. The van der Waals surface area contributed by atoms with Crippen LogP contribution in [0.1, 0.15) is 21.2 Å². The number of ether oxygens (including phenoxy) is 4. The third-order valence-electron chi connectivity index (χ3n) is 2.36. The van der Waals surface area contributed by atoms with Crippen molar-refractivity contribution in [3.8, 4) is 0 Å². The van der Waals surface area contributed by atoms with E-state index in [-0.39, 0.29) is 19.8 Å². The molecule has 0 unspecified atom stereocenters. The van der Waals surface area contributed by atoms with Crippen LogP contribution in [0, 0.1) is 5.92 Å². The quantitative estimate of drug-likeness (QED) is 0.403. The minimum atomic E-state index is -0.588. The zero-order valence-corrected chi connectivity index (χ0v) is 13.5. The van der Waals surface area contributed by atoms with E-state index < -0.39 is 29.8 Å². The highest BCUT2D eigenvalue weighted by atomic mass is 16.5. The first kappa shape index (κ1) is 21.9. The largest absolute Gasteiger partial charge is 0.469 e. The topological polar surface area (TPSA) is 105 Å². The molecule has 0 radical (unpaired) electrons. The number of hydrogen-bond donors (Lipinski definition) is 0. The average molecular weight is 320 g/mol. The Morgan fingerprint density at radius 3 is 1.77 bits per heavy atom. The molecule has 0 aromatic carbocycles. The van der Waals surface area contributed by atoms with Crippen molar-refractivity contribution < 1.29 is 39.6 Å². The molecule has 0 saturated heterocycles. The predicted molar refractivity (Wildman–Crippen MR) is 77.7 cm³/mol. The summed E-state index contributed by atoms with van der Waals surface area (Å²) in [5.74, 6) is -2.30. The molecule has 0 saturated carbocycles. The molecule has 0 aliphatic carbocycles. The van der Waals surface area contributed by atoms with E-state index in [9.17, 15) is 19.2 Å². The third kappa shape index (κ3) is 10.4. The molecule has 22 heavy (non-hydrogen) atoms. The lowest BCUT2D eigenvalue weighted by molar-refractivity contribution is -0.151. The van der Waals surface area contributed by atoms with Gasteiger partial charge in [-0.05, 0) is 0 Å². The Morgan fingerprint density at radius 1 is 0.909 bits per heavy atom. The summed E-state index contributed by atoms with van der Waals surface area (Å²) < 4.78 is 17.4. The van der Waals surface area contributed by atoms with Gasteiger partial charge in [0.2, 0.25) is 0 Å². The van der Waals surface area contributed by atoms with Gasteiger partial charge in [-0.3, -0.25) is 14.4 Å². The second kappa shape index (κ2) is 12.4. The van der Waals surface area contributed by atoms with Crippen molar-refractivity contribution in [2.75, 3.05) is 28.4 Å². The highest BCUT2D eigenvalue weighted by molar-refractivity contribution is 5.93. The Morgan fingerprint density at radius 2 is 1.41 bits per heavy atom. The predicted octanol–water partition coefficient (Wildman–Crippen LogP) is 0.883. The number of rotatable bonds is 6. The molecule has 0 aromatic rings. The van der Waals surface area contributed by atoms with E-state index in [2.05, 4.69) is 25.5 Å². The zero-order chi connectivity index (χ0) is 17.7. The molecule has 8 nitrogen and oxygen atoms in total. The van der Waals surface area contributed by atoms with E-state index in [1.54, 1.807) is 6.92 Å². The zero-order valence-electron chi connectivity index (χ0n) is 13.5. The van der Waals surface area contributed by atoms with E-state index in [0.717, 1.165) is 0 Å². The summed E-state index contributed by atoms with van der Waals surface area (Å²) in [7, 11) is 5.04. The summed E-state index contributed by atoms with van der Waals surface area (Å²) in [5, 5.41) is 0. The van der Waals surface area contributed by atoms with Crippen molar-refractivity contribution in [2.45, 2.75) is 19.8 Å². The van der Waals surface area contributed by atoms with Crippen LogP contribution in [0.3, 0.4) is 0 Å². The second-order valence-corrected chi connectivity index (χ2v) is 4.05. The van der Waals surface area contributed by atoms with Gasteiger partial charge >= 0.3 is 23.9 Å². The molecule has 0 bridgehead atoms. The normalized spacial score (nSPS) is 10.2. The van der Waals surface area contributed by atoms with Crippen LogP contribution in [0.4, 0.5) is 0 Å². The van der Waals surface area contributed by atoms with Crippen LogP contribution in [0.15, 0.2) is 12.2 Å². The monoisotopic (exact) mass is 320 g/mol. The van der Waals surface area contributed by atoms with E-state index in [0.29, 0.717) is 0 Å². The maximum atomic E-state index is 10.7. The van der Waals surface area contributed by atoms with Crippen molar-refractivity contribution in [1.82, 2.24) is 0 Å². The van der Waals surface area contributed by atoms with Crippen LogP contribution >= 0.6 is 0 Å². The Labute approximate surface area is 130 Å². The number of esters is 4. The highest BCUT2D eigenvalue weighted by Gasteiger charge is 2.17. The number of carbonyl (C=O) groups excluding carboxylic acids is 4. The van der Waals surface area contributed by atoms with Gasteiger partial charge < -0.3 is 18.9 Å². The maximum absolute atomic E-state index is 10.7. The maximum Gasteiger partial charge on any atom is 0.333 e. The number of hydrogen-bond acceptors (Lipinski definition) is 8.